The van der Waals surface area contributed by atoms with E-state index in [1.165, 1.54) is 11.5 Å². The minimum absolute atomic E-state index is 0.0215. The minimum Gasteiger partial charge on any atom is -0.390 e. The number of amides is 1. The SMILES string of the molecule is CC(=O)N1CCN(Cc2snnc2C(C)C)CC(O)C1. The van der Waals surface area contributed by atoms with Gasteiger partial charge in [0.2, 0.25) is 5.91 Å². The lowest BCUT2D eigenvalue weighted by atomic mass is 10.1. The van der Waals surface area contributed by atoms with E-state index in [-0.39, 0.29) is 5.91 Å². The van der Waals surface area contributed by atoms with Gasteiger partial charge in [-0.15, -0.1) is 5.10 Å². The van der Waals surface area contributed by atoms with Gasteiger partial charge in [-0.1, -0.05) is 18.3 Å². The van der Waals surface area contributed by atoms with Crippen LogP contribution >= 0.6 is 11.5 Å². The Morgan fingerprint density at radius 2 is 2.20 bits per heavy atom. The molecule has 0 spiro atoms. The standard InChI is InChI=1S/C13H22N4O2S/c1-9(2)13-12(20-15-14-13)8-16-4-5-17(10(3)18)7-11(19)6-16/h9,11,19H,4-8H2,1-3H3. The lowest BCUT2D eigenvalue weighted by Gasteiger charge is -2.20. The number of β-amino-alcohol motifs (C(OH)–C–C–N with tert-alkyl or cyclic N) is 1. The molecule has 112 valence electrons. The maximum atomic E-state index is 11.4. The Bertz CT molecular complexity index is 463. The van der Waals surface area contributed by atoms with Gasteiger partial charge in [-0.2, -0.15) is 0 Å². The lowest BCUT2D eigenvalue weighted by Crippen LogP contribution is -2.36. The van der Waals surface area contributed by atoms with Gasteiger partial charge in [-0.05, 0) is 17.5 Å². The summed E-state index contributed by atoms with van der Waals surface area (Å²) in [4.78, 5) is 16.5. The average molecular weight is 298 g/mol. The summed E-state index contributed by atoms with van der Waals surface area (Å²) >= 11 is 1.42. The number of aromatic nitrogens is 2. The van der Waals surface area contributed by atoms with E-state index in [1.807, 2.05) is 0 Å². The maximum Gasteiger partial charge on any atom is 0.219 e. The van der Waals surface area contributed by atoms with Crippen molar-refractivity contribution in [2.24, 2.45) is 0 Å². The first kappa shape index (κ1) is 15.3. The summed E-state index contributed by atoms with van der Waals surface area (Å²) in [7, 11) is 0. The van der Waals surface area contributed by atoms with E-state index in [2.05, 4.69) is 28.3 Å². The highest BCUT2D eigenvalue weighted by Gasteiger charge is 2.24. The summed E-state index contributed by atoms with van der Waals surface area (Å²) in [5.74, 6) is 0.377. The van der Waals surface area contributed by atoms with Gasteiger partial charge in [0.25, 0.3) is 0 Å². The van der Waals surface area contributed by atoms with Gasteiger partial charge >= 0.3 is 0 Å². The van der Waals surface area contributed by atoms with Gasteiger partial charge < -0.3 is 10.0 Å². The molecule has 0 saturated carbocycles. The number of hydrogen-bond donors (Lipinski definition) is 1. The average Bonchev–Trinajstić information content (AvgIpc) is 2.73. The van der Waals surface area contributed by atoms with Gasteiger partial charge in [-0.25, -0.2) is 0 Å². The molecular formula is C13H22N4O2S. The smallest absolute Gasteiger partial charge is 0.219 e. The number of nitrogens with zero attached hydrogens (tertiary/aromatic N) is 4. The van der Waals surface area contributed by atoms with Crippen LogP contribution in [0.4, 0.5) is 0 Å². The molecule has 1 unspecified atom stereocenters. The molecule has 0 aromatic carbocycles. The number of carbonyl (C=O) groups is 1. The Morgan fingerprint density at radius 1 is 1.45 bits per heavy atom. The summed E-state index contributed by atoms with van der Waals surface area (Å²) in [6.45, 7) is 8.94. The summed E-state index contributed by atoms with van der Waals surface area (Å²) in [5.41, 5.74) is 1.04. The van der Waals surface area contributed by atoms with Crippen molar-refractivity contribution >= 4 is 17.4 Å². The first-order valence-electron chi connectivity index (χ1n) is 6.94. The van der Waals surface area contributed by atoms with Crippen LogP contribution in [0.25, 0.3) is 0 Å². The zero-order valence-corrected chi connectivity index (χ0v) is 13.1. The van der Waals surface area contributed by atoms with Crippen LogP contribution in [-0.4, -0.2) is 62.7 Å². The molecule has 0 bridgehead atoms. The molecule has 1 aliphatic rings. The maximum absolute atomic E-state index is 11.4. The second-order valence-corrected chi connectivity index (χ2v) is 6.43. The van der Waals surface area contributed by atoms with Crippen molar-refractivity contribution in [2.75, 3.05) is 26.2 Å². The minimum atomic E-state index is -0.496. The highest BCUT2D eigenvalue weighted by Crippen LogP contribution is 2.21. The lowest BCUT2D eigenvalue weighted by molar-refractivity contribution is -0.129. The zero-order valence-electron chi connectivity index (χ0n) is 12.2. The zero-order chi connectivity index (χ0) is 14.7. The molecular weight excluding hydrogens is 276 g/mol. The Labute approximate surface area is 123 Å². The molecule has 7 heteroatoms. The summed E-state index contributed by atoms with van der Waals surface area (Å²) in [6, 6.07) is 0. The molecule has 0 aliphatic carbocycles. The molecule has 1 amide bonds. The van der Waals surface area contributed by atoms with Crippen molar-refractivity contribution in [1.82, 2.24) is 19.4 Å². The van der Waals surface area contributed by atoms with Crippen molar-refractivity contribution in [1.29, 1.82) is 0 Å². The molecule has 1 N–H and O–H groups in total. The van der Waals surface area contributed by atoms with Crippen LogP contribution in [0.3, 0.4) is 0 Å². The summed E-state index contributed by atoms with van der Waals surface area (Å²) < 4.78 is 4.03. The van der Waals surface area contributed by atoms with Crippen molar-refractivity contribution in [3.05, 3.63) is 10.6 Å². The van der Waals surface area contributed by atoms with E-state index < -0.39 is 6.10 Å². The van der Waals surface area contributed by atoms with Crippen LogP contribution in [0.15, 0.2) is 0 Å². The van der Waals surface area contributed by atoms with Crippen LogP contribution in [-0.2, 0) is 11.3 Å². The fourth-order valence-corrected chi connectivity index (χ4v) is 3.29. The van der Waals surface area contributed by atoms with Crippen LogP contribution < -0.4 is 0 Å². The van der Waals surface area contributed by atoms with Gasteiger partial charge in [0.15, 0.2) is 0 Å². The Balaban J connectivity index is 2.02. The van der Waals surface area contributed by atoms with E-state index in [0.717, 1.165) is 23.7 Å². The Kier molecular flexibility index (Phi) is 5.06. The van der Waals surface area contributed by atoms with Crippen molar-refractivity contribution < 1.29 is 9.90 Å². The summed E-state index contributed by atoms with van der Waals surface area (Å²) in [6.07, 6.45) is -0.496. The molecule has 2 rings (SSSR count). The number of rotatable bonds is 3. The first-order valence-corrected chi connectivity index (χ1v) is 7.71. The predicted octanol–water partition coefficient (Wildman–Crippen LogP) is 0.686. The number of carbonyl (C=O) groups excluding carboxylic acids is 1. The Morgan fingerprint density at radius 3 is 2.85 bits per heavy atom. The first-order chi connectivity index (χ1) is 9.47. The van der Waals surface area contributed by atoms with E-state index in [9.17, 15) is 9.90 Å². The van der Waals surface area contributed by atoms with Crippen LogP contribution in [0.5, 0.6) is 0 Å². The molecule has 6 nitrogen and oxygen atoms in total. The van der Waals surface area contributed by atoms with Gasteiger partial charge in [0.05, 0.1) is 16.7 Å². The second kappa shape index (κ2) is 6.60. The van der Waals surface area contributed by atoms with Crippen LogP contribution in [0.1, 0.15) is 37.3 Å². The van der Waals surface area contributed by atoms with Gasteiger partial charge in [-0.3, -0.25) is 9.69 Å². The van der Waals surface area contributed by atoms with Gasteiger partial charge in [0.1, 0.15) is 0 Å². The highest BCUT2D eigenvalue weighted by atomic mass is 32.1. The fourth-order valence-electron chi connectivity index (χ4n) is 2.45. The molecule has 1 fully saturated rings. The van der Waals surface area contributed by atoms with Crippen molar-refractivity contribution in [2.45, 2.75) is 39.3 Å². The molecule has 1 saturated heterocycles. The normalized spacial score (nSPS) is 21.2. The molecule has 1 aliphatic heterocycles. The molecule has 2 heterocycles. The van der Waals surface area contributed by atoms with Crippen molar-refractivity contribution in [3.8, 4) is 0 Å². The molecule has 1 atom stereocenters. The monoisotopic (exact) mass is 298 g/mol. The van der Waals surface area contributed by atoms with E-state index in [0.29, 0.717) is 25.6 Å². The molecule has 1 aromatic rings. The number of aliphatic hydroxyl groups is 1. The predicted molar refractivity (Wildman–Crippen MR) is 77.5 cm³/mol. The number of aliphatic hydroxyl groups excluding tert-OH is 1. The number of hydrogen-bond acceptors (Lipinski definition) is 6. The quantitative estimate of drug-likeness (QED) is 0.889. The summed E-state index contributed by atoms with van der Waals surface area (Å²) in [5, 5.41) is 14.2. The second-order valence-electron chi connectivity index (χ2n) is 5.59. The van der Waals surface area contributed by atoms with E-state index >= 15 is 0 Å². The highest BCUT2D eigenvalue weighted by molar-refractivity contribution is 7.05. The third-order valence-corrected chi connectivity index (χ3v) is 4.25. The van der Waals surface area contributed by atoms with Gasteiger partial charge in [0, 0.05) is 39.6 Å². The van der Waals surface area contributed by atoms with E-state index in [4.69, 9.17) is 0 Å². The topological polar surface area (TPSA) is 69.6 Å². The molecule has 20 heavy (non-hydrogen) atoms. The molecule has 1 aromatic heterocycles. The largest absolute Gasteiger partial charge is 0.390 e. The van der Waals surface area contributed by atoms with Crippen molar-refractivity contribution in [3.63, 3.8) is 0 Å². The molecule has 0 radical (unpaired) electrons. The Hall–Kier alpha value is -1.05. The van der Waals surface area contributed by atoms with E-state index in [1.54, 1.807) is 11.8 Å². The third kappa shape index (κ3) is 3.74. The fraction of sp³-hybridized carbons (Fsp3) is 0.769. The van der Waals surface area contributed by atoms with Crippen LogP contribution in [0.2, 0.25) is 0 Å². The van der Waals surface area contributed by atoms with Crippen LogP contribution in [0, 0.1) is 0 Å². The third-order valence-electron chi connectivity index (χ3n) is 3.53.